The van der Waals surface area contributed by atoms with Crippen molar-refractivity contribution in [2.24, 2.45) is 0 Å². The lowest BCUT2D eigenvalue weighted by atomic mass is 10.1. The molecular formula is C30H30N6O9. The van der Waals surface area contributed by atoms with Gasteiger partial charge in [-0.05, 0) is 16.7 Å². The second kappa shape index (κ2) is 14.1. The van der Waals surface area contributed by atoms with E-state index >= 15 is 0 Å². The monoisotopic (exact) mass is 618 g/mol. The Kier molecular flexibility index (Phi) is 9.85. The fourth-order valence-electron chi connectivity index (χ4n) is 4.22. The normalized spacial score (nSPS) is 10.4. The maximum Gasteiger partial charge on any atom is 0.319 e. The minimum Gasteiger partial charge on any atom is -0.508 e. The number of phenolic OH excluding ortho intramolecular Hbond substituents is 6. The largest absolute Gasteiger partial charge is 0.508 e. The van der Waals surface area contributed by atoms with Crippen molar-refractivity contribution in [3.8, 4) is 34.5 Å². The van der Waals surface area contributed by atoms with Crippen LogP contribution in [0.5, 0.6) is 34.5 Å². The van der Waals surface area contributed by atoms with Crippen molar-refractivity contribution in [3.05, 3.63) is 89.5 Å². The highest BCUT2D eigenvalue weighted by Gasteiger charge is 2.10. The number of benzene rings is 4. The first-order chi connectivity index (χ1) is 21.4. The van der Waals surface area contributed by atoms with Crippen LogP contribution in [-0.4, -0.2) is 48.7 Å². The van der Waals surface area contributed by atoms with Crippen LogP contribution in [0.1, 0.15) is 16.7 Å². The molecule has 0 saturated carbocycles. The number of phenols is 6. The Labute approximate surface area is 255 Å². The van der Waals surface area contributed by atoms with Gasteiger partial charge in [0.15, 0.2) is 0 Å². The molecule has 0 fully saturated rings. The van der Waals surface area contributed by atoms with E-state index in [0.29, 0.717) is 16.7 Å². The van der Waals surface area contributed by atoms with E-state index in [0.717, 1.165) is 18.2 Å². The van der Waals surface area contributed by atoms with Gasteiger partial charge < -0.3 is 62.5 Å². The van der Waals surface area contributed by atoms with Crippen molar-refractivity contribution in [2.75, 3.05) is 16.0 Å². The van der Waals surface area contributed by atoms with Crippen LogP contribution in [0.4, 0.5) is 31.4 Å². The molecule has 45 heavy (non-hydrogen) atoms. The second-order valence-corrected chi connectivity index (χ2v) is 9.80. The molecule has 15 heteroatoms. The Morgan fingerprint density at radius 3 is 0.822 bits per heavy atom. The number of amides is 6. The van der Waals surface area contributed by atoms with E-state index in [9.17, 15) is 45.0 Å². The number of aromatic hydroxyl groups is 6. The average molecular weight is 619 g/mol. The first-order valence-electron chi connectivity index (χ1n) is 13.3. The molecule has 0 aliphatic heterocycles. The number of carbonyl (C=O) groups is 3. The van der Waals surface area contributed by atoms with Gasteiger partial charge in [-0.15, -0.1) is 0 Å². The zero-order valence-electron chi connectivity index (χ0n) is 23.5. The molecule has 0 aliphatic rings. The van der Waals surface area contributed by atoms with E-state index in [1.165, 1.54) is 36.4 Å². The van der Waals surface area contributed by atoms with Gasteiger partial charge in [-0.3, -0.25) is 0 Å². The van der Waals surface area contributed by atoms with Crippen molar-refractivity contribution < 1.29 is 45.0 Å². The van der Waals surface area contributed by atoms with Crippen molar-refractivity contribution >= 4 is 35.2 Å². The molecule has 0 bridgehead atoms. The Balaban J connectivity index is 1.43. The fraction of sp³-hybridized carbons (Fsp3) is 0.100. The first kappa shape index (κ1) is 31.4. The fourth-order valence-corrected chi connectivity index (χ4v) is 4.22. The zero-order chi connectivity index (χ0) is 32.5. The lowest BCUT2D eigenvalue weighted by molar-refractivity contribution is 0.251. The van der Waals surface area contributed by atoms with E-state index in [4.69, 9.17) is 0 Å². The van der Waals surface area contributed by atoms with Crippen molar-refractivity contribution in [2.45, 2.75) is 19.6 Å². The lowest BCUT2D eigenvalue weighted by Crippen LogP contribution is -2.30. The van der Waals surface area contributed by atoms with Gasteiger partial charge in [0.2, 0.25) is 0 Å². The number of urea groups is 3. The molecule has 0 unspecified atom stereocenters. The predicted molar refractivity (Wildman–Crippen MR) is 163 cm³/mol. The van der Waals surface area contributed by atoms with Crippen LogP contribution in [0.15, 0.2) is 72.8 Å². The number of hydrogen-bond donors (Lipinski definition) is 12. The van der Waals surface area contributed by atoms with Crippen LogP contribution < -0.4 is 31.9 Å². The maximum atomic E-state index is 12.5. The molecule has 0 radical (unpaired) electrons. The lowest BCUT2D eigenvalue weighted by Gasteiger charge is -2.14. The van der Waals surface area contributed by atoms with Gasteiger partial charge in [0, 0.05) is 91.3 Å². The van der Waals surface area contributed by atoms with Crippen LogP contribution in [0.25, 0.3) is 0 Å². The third kappa shape index (κ3) is 10.1. The summed E-state index contributed by atoms with van der Waals surface area (Å²) in [4.78, 5) is 37.4. The number of hydrogen-bond acceptors (Lipinski definition) is 9. The average Bonchev–Trinajstić information content (AvgIpc) is 2.92. The van der Waals surface area contributed by atoms with Gasteiger partial charge >= 0.3 is 18.1 Å². The van der Waals surface area contributed by atoms with E-state index in [-0.39, 0.29) is 71.2 Å². The summed E-state index contributed by atoms with van der Waals surface area (Å²) >= 11 is 0. The molecule has 6 amide bonds. The summed E-state index contributed by atoms with van der Waals surface area (Å²) in [6.45, 7) is 0.0446. The summed E-state index contributed by atoms with van der Waals surface area (Å²) in [5, 5.41) is 73.2. The van der Waals surface area contributed by atoms with Crippen LogP contribution in [0, 0.1) is 0 Å². The molecule has 0 atom stereocenters. The van der Waals surface area contributed by atoms with Crippen molar-refractivity contribution in [1.82, 2.24) is 16.0 Å². The molecule has 12 N–H and O–H groups in total. The Morgan fingerprint density at radius 2 is 0.600 bits per heavy atom. The summed E-state index contributed by atoms with van der Waals surface area (Å²) in [7, 11) is 0. The summed E-state index contributed by atoms with van der Waals surface area (Å²) in [6.07, 6.45) is 0. The molecule has 0 heterocycles. The molecule has 0 saturated heterocycles. The van der Waals surface area contributed by atoms with Gasteiger partial charge in [-0.1, -0.05) is 18.2 Å². The number of anilines is 3. The van der Waals surface area contributed by atoms with E-state index in [2.05, 4.69) is 31.9 Å². The number of carbonyl (C=O) groups excluding carboxylic acids is 3. The summed E-state index contributed by atoms with van der Waals surface area (Å²) < 4.78 is 0. The summed E-state index contributed by atoms with van der Waals surface area (Å²) in [5.41, 5.74) is 2.25. The molecule has 234 valence electrons. The van der Waals surface area contributed by atoms with Crippen molar-refractivity contribution in [3.63, 3.8) is 0 Å². The number of nitrogens with one attached hydrogen (secondary N) is 6. The molecular weight excluding hydrogens is 588 g/mol. The van der Waals surface area contributed by atoms with Crippen LogP contribution >= 0.6 is 0 Å². The highest BCUT2D eigenvalue weighted by molar-refractivity contribution is 5.91. The van der Waals surface area contributed by atoms with E-state index in [1.807, 2.05) is 0 Å². The molecule has 0 aromatic heterocycles. The minimum absolute atomic E-state index is 0.0149. The van der Waals surface area contributed by atoms with Crippen LogP contribution in [0.3, 0.4) is 0 Å². The predicted octanol–water partition coefficient (Wildman–Crippen LogP) is 3.89. The van der Waals surface area contributed by atoms with Gasteiger partial charge in [-0.25, -0.2) is 14.4 Å². The topological polar surface area (TPSA) is 245 Å². The molecule has 0 spiro atoms. The standard InChI is InChI=1S/C30H30N6O9/c37-22-4-19(5-23(38)10-22)34-28(43)31-13-16-1-17(14-32-29(44)35-20-6-24(39)11-25(40)7-20)3-18(2-16)15-33-30(45)36-21-8-26(41)12-27(42)9-21/h1-12,37-42H,13-15H2,(H2,31,34,43)(H2,32,35,44)(H2,33,36,45). The maximum absolute atomic E-state index is 12.5. The Morgan fingerprint density at radius 1 is 0.378 bits per heavy atom. The highest BCUT2D eigenvalue weighted by Crippen LogP contribution is 2.26. The Bertz CT molecular complexity index is 1460. The minimum atomic E-state index is -0.634. The first-order valence-corrected chi connectivity index (χ1v) is 13.3. The smallest absolute Gasteiger partial charge is 0.319 e. The summed E-state index contributed by atoms with van der Waals surface area (Å²) in [6, 6.07) is 14.1. The van der Waals surface area contributed by atoms with Gasteiger partial charge in [0.05, 0.1) is 0 Å². The Hall–Kier alpha value is -6.51. The second-order valence-electron chi connectivity index (χ2n) is 9.80. The highest BCUT2D eigenvalue weighted by atomic mass is 16.3. The third-order valence-electron chi connectivity index (χ3n) is 5.95. The van der Waals surface area contributed by atoms with E-state index in [1.54, 1.807) is 18.2 Å². The van der Waals surface area contributed by atoms with Crippen LogP contribution in [0.2, 0.25) is 0 Å². The van der Waals surface area contributed by atoms with Crippen LogP contribution in [-0.2, 0) is 19.6 Å². The number of rotatable bonds is 9. The molecule has 15 nitrogen and oxygen atoms in total. The third-order valence-corrected chi connectivity index (χ3v) is 5.95. The SMILES string of the molecule is O=C(NCc1cc(CNC(=O)Nc2cc(O)cc(O)c2)cc(CNC(=O)Nc2cc(O)cc(O)c2)c1)Nc1cc(O)cc(O)c1. The van der Waals surface area contributed by atoms with Gasteiger partial charge in [0.25, 0.3) is 0 Å². The van der Waals surface area contributed by atoms with Crippen molar-refractivity contribution in [1.29, 1.82) is 0 Å². The summed E-state index contributed by atoms with van der Waals surface area (Å²) in [5.74, 6) is -1.43. The molecule has 4 aromatic carbocycles. The molecule has 0 aliphatic carbocycles. The van der Waals surface area contributed by atoms with Gasteiger partial charge in [0.1, 0.15) is 34.5 Å². The van der Waals surface area contributed by atoms with E-state index < -0.39 is 18.1 Å². The molecule has 4 aromatic rings. The van der Waals surface area contributed by atoms with Gasteiger partial charge in [-0.2, -0.15) is 0 Å². The zero-order valence-corrected chi connectivity index (χ0v) is 23.5. The quantitative estimate of drug-likeness (QED) is 0.130. The molecule has 4 rings (SSSR count).